The first-order valence-corrected chi connectivity index (χ1v) is 5.70. The van der Waals surface area contributed by atoms with Gasteiger partial charge in [0.1, 0.15) is 23.0 Å². The summed E-state index contributed by atoms with van der Waals surface area (Å²) in [5.41, 5.74) is 4.98. The molecule has 1 amide bonds. The Morgan fingerprint density at radius 3 is 2.33 bits per heavy atom. The molecule has 0 radical (unpaired) electrons. The molecule has 1 aromatic rings. The minimum atomic E-state index is -1.21. The third-order valence-corrected chi connectivity index (χ3v) is 3.12. The van der Waals surface area contributed by atoms with Crippen LogP contribution in [-0.2, 0) is 0 Å². The van der Waals surface area contributed by atoms with E-state index >= 15 is 0 Å². The van der Waals surface area contributed by atoms with Crippen LogP contribution in [0.5, 0.6) is 0 Å². The van der Waals surface area contributed by atoms with Gasteiger partial charge in [-0.2, -0.15) is 0 Å². The van der Waals surface area contributed by atoms with E-state index in [1.807, 2.05) is 0 Å². The van der Waals surface area contributed by atoms with Crippen molar-refractivity contribution >= 4 is 5.91 Å². The zero-order valence-electron chi connectivity index (χ0n) is 9.55. The fraction of sp³-hybridized carbons (Fsp3) is 0.417. The molecule has 0 heterocycles. The molecule has 0 bridgehead atoms. The first kappa shape index (κ1) is 12.9. The van der Waals surface area contributed by atoms with Crippen LogP contribution in [0.2, 0.25) is 0 Å². The monoisotopic (exact) mass is 258 g/mol. The molecular formula is C12H13F3N2O. The number of carbonyl (C=O) groups is 1. The lowest BCUT2D eigenvalue weighted by molar-refractivity contribution is 0.0926. The highest BCUT2D eigenvalue weighted by atomic mass is 19.1. The average Bonchev–Trinajstić information content (AvgIpc) is 2.62. The number of nitrogens with one attached hydrogen (secondary N) is 1. The molecule has 2 unspecified atom stereocenters. The van der Waals surface area contributed by atoms with E-state index in [-0.39, 0.29) is 12.1 Å². The van der Waals surface area contributed by atoms with E-state index < -0.39 is 28.9 Å². The van der Waals surface area contributed by atoms with Gasteiger partial charge in [-0.1, -0.05) is 0 Å². The van der Waals surface area contributed by atoms with Crippen LogP contribution in [0.1, 0.15) is 29.6 Å². The zero-order valence-corrected chi connectivity index (χ0v) is 9.55. The lowest BCUT2D eigenvalue weighted by atomic mass is 10.1. The van der Waals surface area contributed by atoms with Crippen molar-refractivity contribution in [2.45, 2.75) is 31.3 Å². The van der Waals surface area contributed by atoms with Gasteiger partial charge in [0, 0.05) is 24.2 Å². The Bertz CT molecular complexity index is 455. The molecule has 1 saturated carbocycles. The van der Waals surface area contributed by atoms with Crippen LogP contribution in [0, 0.1) is 17.5 Å². The van der Waals surface area contributed by atoms with Gasteiger partial charge >= 0.3 is 0 Å². The van der Waals surface area contributed by atoms with Gasteiger partial charge in [-0.3, -0.25) is 4.79 Å². The summed E-state index contributed by atoms with van der Waals surface area (Å²) in [6.07, 6.45) is 2.30. The molecule has 3 N–H and O–H groups in total. The number of rotatable bonds is 2. The molecule has 2 atom stereocenters. The molecule has 98 valence electrons. The fourth-order valence-electron chi connectivity index (χ4n) is 2.17. The van der Waals surface area contributed by atoms with Gasteiger partial charge in [0.15, 0.2) is 0 Å². The number of hydrogen-bond donors (Lipinski definition) is 2. The molecule has 1 aliphatic carbocycles. The Kier molecular flexibility index (Phi) is 3.56. The molecular weight excluding hydrogens is 245 g/mol. The van der Waals surface area contributed by atoms with E-state index in [0.717, 1.165) is 12.8 Å². The van der Waals surface area contributed by atoms with Crippen molar-refractivity contribution in [3.05, 3.63) is 35.1 Å². The smallest absolute Gasteiger partial charge is 0.257 e. The molecule has 18 heavy (non-hydrogen) atoms. The first-order valence-electron chi connectivity index (χ1n) is 5.70. The van der Waals surface area contributed by atoms with Crippen molar-refractivity contribution in [3.63, 3.8) is 0 Å². The van der Waals surface area contributed by atoms with Crippen LogP contribution in [-0.4, -0.2) is 18.0 Å². The lowest BCUT2D eigenvalue weighted by Crippen LogP contribution is -2.44. The summed E-state index contributed by atoms with van der Waals surface area (Å²) in [6, 6.07) is 0.459. The normalized spacial score (nSPS) is 23.1. The standard InChI is InChI=1S/C12H13F3N2O/c13-6-4-7(14)11(8(15)5-6)12(18)17-10-3-1-2-9(10)16/h4-5,9-10H,1-3,16H2,(H,17,18). The quantitative estimate of drug-likeness (QED) is 0.848. The van der Waals surface area contributed by atoms with Gasteiger partial charge in [-0.15, -0.1) is 0 Å². The summed E-state index contributed by atoms with van der Waals surface area (Å²) < 4.78 is 39.4. The van der Waals surface area contributed by atoms with Crippen LogP contribution in [0.25, 0.3) is 0 Å². The molecule has 1 aromatic carbocycles. The van der Waals surface area contributed by atoms with Crippen molar-refractivity contribution in [3.8, 4) is 0 Å². The van der Waals surface area contributed by atoms with E-state index in [1.54, 1.807) is 0 Å². The van der Waals surface area contributed by atoms with Crippen molar-refractivity contribution in [2.24, 2.45) is 5.73 Å². The van der Waals surface area contributed by atoms with Crippen LogP contribution < -0.4 is 11.1 Å². The van der Waals surface area contributed by atoms with Crippen molar-refractivity contribution in [1.82, 2.24) is 5.32 Å². The maximum Gasteiger partial charge on any atom is 0.257 e. The highest BCUT2D eigenvalue weighted by Gasteiger charge is 2.28. The number of nitrogens with two attached hydrogens (primary N) is 1. The Labute approximate surface area is 102 Å². The first-order chi connectivity index (χ1) is 8.49. The van der Waals surface area contributed by atoms with E-state index in [4.69, 9.17) is 5.73 Å². The van der Waals surface area contributed by atoms with Crippen molar-refractivity contribution in [2.75, 3.05) is 0 Å². The van der Waals surface area contributed by atoms with Crippen molar-refractivity contribution in [1.29, 1.82) is 0 Å². The van der Waals surface area contributed by atoms with Crippen LogP contribution in [0.3, 0.4) is 0 Å². The van der Waals surface area contributed by atoms with Crippen LogP contribution >= 0.6 is 0 Å². The number of benzene rings is 1. The summed E-state index contributed by atoms with van der Waals surface area (Å²) in [7, 11) is 0. The molecule has 0 saturated heterocycles. The summed E-state index contributed by atoms with van der Waals surface area (Å²) in [5, 5.41) is 2.48. The molecule has 0 spiro atoms. The third kappa shape index (κ3) is 2.48. The van der Waals surface area contributed by atoms with E-state index in [1.165, 1.54) is 0 Å². The Morgan fingerprint density at radius 1 is 1.22 bits per heavy atom. The highest BCUT2D eigenvalue weighted by Crippen LogP contribution is 2.19. The number of hydrogen-bond acceptors (Lipinski definition) is 2. The van der Waals surface area contributed by atoms with Gasteiger partial charge in [-0.05, 0) is 19.3 Å². The molecule has 0 aliphatic heterocycles. The second-order valence-electron chi connectivity index (χ2n) is 4.42. The molecule has 1 fully saturated rings. The summed E-state index contributed by atoms with van der Waals surface area (Å²) in [6.45, 7) is 0. The Morgan fingerprint density at radius 2 is 1.83 bits per heavy atom. The second-order valence-corrected chi connectivity index (χ2v) is 4.42. The largest absolute Gasteiger partial charge is 0.348 e. The Balaban J connectivity index is 2.19. The summed E-state index contributed by atoms with van der Waals surface area (Å²) >= 11 is 0. The van der Waals surface area contributed by atoms with Crippen LogP contribution in [0.4, 0.5) is 13.2 Å². The highest BCUT2D eigenvalue weighted by molar-refractivity contribution is 5.95. The van der Waals surface area contributed by atoms with E-state index in [0.29, 0.717) is 18.6 Å². The average molecular weight is 258 g/mol. The Hall–Kier alpha value is -1.56. The maximum atomic E-state index is 13.4. The van der Waals surface area contributed by atoms with E-state index in [9.17, 15) is 18.0 Å². The minimum absolute atomic E-state index is 0.208. The predicted octanol–water partition coefficient (Wildman–Crippen LogP) is 1.71. The number of amides is 1. The zero-order chi connectivity index (χ0) is 13.3. The summed E-state index contributed by atoms with van der Waals surface area (Å²) in [5.74, 6) is -4.38. The molecule has 0 aromatic heterocycles. The van der Waals surface area contributed by atoms with Gasteiger partial charge in [0.2, 0.25) is 0 Å². The summed E-state index contributed by atoms with van der Waals surface area (Å²) in [4.78, 5) is 11.7. The minimum Gasteiger partial charge on any atom is -0.348 e. The molecule has 2 rings (SSSR count). The predicted molar refractivity (Wildman–Crippen MR) is 59.4 cm³/mol. The van der Waals surface area contributed by atoms with E-state index in [2.05, 4.69) is 5.32 Å². The number of carbonyl (C=O) groups excluding carboxylic acids is 1. The lowest BCUT2D eigenvalue weighted by Gasteiger charge is -2.17. The fourth-order valence-corrected chi connectivity index (χ4v) is 2.17. The van der Waals surface area contributed by atoms with Crippen LogP contribution in [0.15, 0.2) is 12.1 Å². The second kappa shape index (κ2) is 4.97. The topological polar surface area (TPSA) is 55.1 Å². The maximum absolute atomic E-state index is 13.4. The van der Waals surface area contributed by atoms with Gasteiger partial charge in [-0.25, -0.2) is 13.2 Å². The SMILES string of the molecule is NC1CCCC1NC(=O)c1c(F)cc(F)cc1F. The third-order valence-electron chi connectivity index (χ3n) is 3.12. The van der Waals surface area contributed by atoms with Gasteiger partial charge < -0.3 is 11.1 Å². The molecule has 6 heteroatoms. The number of halogens is 3. The van der Waals surface area contributed by atoms with Gasteiger partial charge in [0.05, 0.1) is 0 Å². The van der Waals surface area contributed by atoms with Gasteiger partial charge in [0.25, 0.3) is 5.91 Å². The van der Waals surface area contributed by atoms with Crippen molar-refractivity contribution < 1.29 is 18.0 Å². The molecule has 3 nitrogen and oxygen atoms in total. The molecule has 1 aliphatic rings.